The minimum Gasteiger partial charge on any atom is -0.369 e. The predicted molar refractivity (Wildman–Crippen MR) is 91.5 cm³/mol. The molecular weight excluding hydrogens is 358 g/mol. The molecule has 3 rings (SSSR count). The number of hydrogen-bond acceptors (Lipinski definition) is 6. The summed E-state index contributed by atoms with van der Waals surface area (Å²) in [5.41, 5.74) is 1.40. The highest BCUT2D eigenvalue weighted by Gasteiger charge is 2.53. The summed E-state index contributed by atoms with van der Waals surface area (Å²) in [4.78, 5) is 8.72. The van der Waals surface area contributed by atoms with Crippen molar-refractivity contribution in [2.75, 3.05) is 17.2 Å². The monoisotopic (exact) mass is 375 g/mol. The van der Waals surface area contributed by atoms with Crippen LogP contribution < -0.4 is 10.6 Å². The third-order valence-corrected chi connectivity index (χ3v) is 4.60. The molecule has 2 N–H and O–H groups in total. The maximum atomic E-state index is 9.18. The lowest BCUT2D eigenvalue weighted by molar-refractivity contribution is 0.550. The van der Waals surface area contributed by atoms with Crippen LogP contribution >= 0.6 is 15.9 Å². The zero-order valence-electron chi connectivity index (χ0n) is 13.3. The standard InChI is InChI=1S/C15H18BrN7/c1-4-18-13-10(16)6-19-14(21-13)20-11-7-23(22-9(11)2)12-5-15(12,3)8-17/h6-7,12H,4-5H2,1-3H3,(H2,18,19,20,21)/t12-,15-/m1/s1. The topological polar surface area (TPSA) is 91.5 Å². The summed E-state index contributed by atoms with van der Waals surface area (Å²) in [5, 5.41) is 20.1. The molecule has 1 fully saturated rings. The minimum absolute atomic E-state index is 0.143. The van der Waals surface area contributed by atoms with Gasteiger partial charge in [-0.15, -0.1) is 0 Å². The van der Waals surface area contributed by atoms with Gasteiger partial charge in [0.1, 0.15) is 5.82 Å². The molecule has 0 unspecified atom stereocenters. The number of anilines is 3. The summed E-state index contributed by atoms with van der Waals surface area (Å²) in [6, 6.07) is 2.49. The van der Waals surface area contributed by atoms with Gasteiger partial charge < -0.3 is 10.6 Å². The van der Waals surface area contributed by atoms with Gasteiger partial charge in [-0.2, -0.15) is 15.3 Å². The minimum atomic E-state index is -0.304. The molecule has 1 saturated carbocycles. The Bertz CT molecular complexity index is 779. The number of rotatable bonds is 5. The molecule has 0 aliphatic heterocycles. The van der Waals surface area contributed by atoms with Crippen molar-refractivity contribution in [3.63, 3.8) is 0 Å². The van der Waals surface area contributed by atoms with E-state index in [4.69, 9.17) is 0 Å². The molecule has 2 aromatic heterocycles. The van der Waals surface area contributed by atoms with Crippen LogP contribution in [0.5, 0.6) is 0 Å². The summed E-state index contributed by atoms with van der Waals surface area (Å²) < 4.78 is 2.69. The van der Waals surface area contributed by atoms with Crippen molar-refractivity contribution in [3.8, 4) is 6.07 Å². The Labute approximate surface area is 143 Å². The molecule has 0 saturated heterocycles. The third kappa shape index (κ3) is 3.01. The van der Waals surface area contributed by atoms with Crippen molar-refractivity contribution in [1.29, 1.82) is 5.26 Å². The van der Waals surface area contributed by atoms with Gasteiger partial charge in [0, 0.05) is 18.9 Å². The number of hydrogen-bond donors (Lipinski definition) is 2. The third-order valence-electron chi connectivity index (χ3n) is 4.02. The van der Waals surface area contributed by atoms with Crippen molar-refractivity contribution in [2.45, 2.75) is 33.2 Å². The lowest BCUT2D eigenvalue weighted by Gasteiger charge is -2.08. The Morgan fingerprint density at radius 1 is 1.57 bits per heavy atom. The fourth-order valence-electron chi connectivity index (χ4n) is 2.45. The molecule has 2 aromatic rings. The van der Waals surface area contributed by atoms with Gasteiger partial charge in [-0.05, 0) is 43.1 Å². The van der Waals surface area contributed by atoms with E-state index in [0.717, 1.165) is 34.6 Å². The van der Waals surface area contributed by atoms with E-state index in [9.17, 15) is 5.26 Å². The quantitative estimate of drug-likeness (QED) is 0.831. The van der Waals surface area contributed by atoms with E-state index in [1.54, 1.807) is 6.20 Å². The first-order valence-corrected chi connectivity index (χ1v) is 8.26. The fourth-order valence-corrected chi connectivity index (χ4v) is 2.78. The van der Waals surface area contributed by atoms with Gasteiger partial charge in [0.15, 0.2) is 0 Å². The lowest BCUT2D eigenvalue weighted by atomic mass is 10.2. The van der Waals surface area contributed by atoms with Crippen LogP contribution in [0.1, 0.15) is 32.0 Å². The van der Waals surface area contributed by atoms with Gasteiger partial charge in [0.25, 0.3) is 0 Å². The van der Waals surface area contributed by atoms with Crippen molar-refractivity contribution in [3.05, 3.63) is 22.6 Å². The van der Waals surface area contributed by atoms with Crippen LogP contribution in [0.25, 0.3) is 0 Å². The number of halogens is 1. The molecule has 0 radical (unpaired) electrons. The van der Waals surface area contributed by atoms with E-state index < -0.39 is 0 Å². The summed E-state index contributed by atoms with van der Waals surface area (Å²) in [6.45, 7) is 6.68. The molecule has 1 aliphatic carbocycles. The van der Waals surface area contributed by atoms with Crippen molar-refractivity contribution >= 4 is 33.4 Å². The number of nitriles is 1. The van der Waals surface area contributed by atoms with E-state index in [-0.39, 0.29) is 11.5 Å². The van der Waals surface area contributed by atoms with Crippen LogP contribution in [0.15, 0.2) is 16.9 Å². The lowest BCUT2D eigenvalue weighted by Crippen LogP contribution is -2.04. The molecule has 0 spiro atoms. The van der Waals surface area contributed by atoms with E-state index in [1.165, 1.54) is 0 Å². The van der Waals surface area contributed by atoms with Gasteiger partial charge in [-0.25, -0.2) is 4.98 Å². The first-order chi connectivity index (χ1) is 11.0. The highest BCUT2D eigenvalue weighted by Crippen LogP contribution is 2.55. The Kier molecular flexibility index (Phi) is 3.98. The summed E-state index contributed by atoms with van der Waals surface area (Å²) >= 11 is 3.42. The molecule has 23 heavy (non-hydrogen) atoms. The zero-order chi connectivity index (χ0) is 16.6. The van der Waals surface area contributed by atoms with Crippen molar-refractivity contribution in [2.24, 2.45) is 5.41 Å². The van der Waals surface area contributed by atoms with E-state index >= 15 is 0 Å². The van der Waals surface area contributed by atoms with Crippen LogP contribution in [-0.4, -0.2) is 26.3 Å². The van der Waals surface area contributed by atoms with Crippen LogP contribution in [-0.2, 0) is 0 Å². The maximum absolute atomic E-state index is 9.18. The average molecular weight is 376 g/mol. The smallest absolute Gasteiger partial charge is 0.229 e. The summed E-state index contributed by atoms with van der Waals surface area (Å²) in [7, 11) is 0. The number of aryl methyl sites for hydroxylation is 1. The van der Waals surface area contributed by atoms with Gasteiger partial charge in [-0.1, -0.05) is 0 Å². The van der Waals surface area contributed by atoms with Gasteiger partial charge in [0.2, 0.25) is 5.95 Å². The van der Waals surface area contributed by atoms with Crippen molar-refractivity contribution < 1.29 is 0 Å². The fraction of sp³-hybridized carbons (Fsp3) is 0.467. The first-order valence-electron chi connectivity index (χ1n) is 7.47. The average Bonchev–Trinajstić information content (AvgIpc) is 3.09. The Morgan fingerprint density at radius 2 is 2.35 bits per heavy atom. The molecule has 0 bridgehead atoms. The molecular formula is C15H18BrN7. The number of nitrogens with one attached hydrogen (secondary N) is 2. The van der Waals surface area contributed by atoms with Gasteiger partial charge in [0.05, 0.1) is 33.4 Å². The summed E-state index contributed by atoms with van der Waals surface area (Å²) in [6.07, 6.45) is 4.46. The second kappa shape index (κ2) is 5.81. The highest BCUT2D eigenvalue weighted by molar-refractivity contribution is 9.10. The Morgan fingerprint density at radius 3 is 3.00 bits per heavy atom. The van der Waals surface area contributed by atoms with Crippen LogP contribution in [0.2, 0.25) is 0 Å². The van der Waals surface area contributed by atoms with Gasteiger partial charge in [-0.3, -0.25) is 4.68 Å². The SMILES string of the molecule is CCNc1nc(Nc2cn([C@@H]3C[C@]3(C)C#N)nc2C)ncc1Br. The molecule has 120 valence electrons. The zero-order valence-corrected chi connectivity index (χ0v) is 14.8. The molecule has 0 amide bonds. The second-order valence-electron chi connectivity index (χ2n) is 5.90. The second-order valence-corrected chi connectivity index (χ2v) is 6.76. The molecule has 1 aliphatic rings. The van der Waals surface area contributed by atoms with Crippen LogP contribution in [0, 0.1) is 23.7 Å². The number of nitrogens with zero attached hydrogens (tertiary/aromatic N) is 5. The largest absolute Gasteiger partial charge is 0.369 e. The van der Waals surface area contributed by atoms with E-state index in [2.05, 4.69) is 47.7 Å². The van der Waals surface area contributed by atoms with Crippen molar-refractivity contribution in [1.82, 2.24) is 19.7 Å². The highest BCUT2D eigenvalue weighted by atomic mass is 79.9. The maximum Gasteiger partial charge on any atom is 0.229 e. The Hall–Kier alpha value is -2.14. The van der Waals surface area contributed by atoms with Gasteiger partial charge >= 0.3 is 0 Å². The first kappa shape index (κ1) is 15.7. The van der Waals surface area contributed by atoms with Crippen LogP contribution in [0.4, 0.5) is 17.5 Å². The molecule has 0 aromatic carbocycles. The number of aromatic nitrogens is 4. The molecule has 2 atom stereocenters. The molecule has 8 heteroatoms. The van der Waals surface area contributed by atoms with Crippen LogP contribution in [0.3, 0.4) is 0 Å². The summed E-state index contributed by atoms with van der Waals surface area (Å²) in [5.74, 6) is 1.25. The molecule has 2 heterocycles. The van der Waals surface area contributed by atoms with E-state index in [1.807, 2.05) is 31.6 Å². The van der Waals surface area contributed by atoms with E-state index in [0.29, 0.717) is 5.95 Å². The predicted octanol–water partition coefficient (Wildman–Crippen LogP) is 3.39. The Balaban J connectivity index is 1.80. The normalized spacial score (nSPS) is 22.5. The molecule has 7 nitrogen and oxygen atoms in total.